The number of benzene rings is 1. The Bertz CT molecular complexity index is 342. The van der Waals surface area contributed by atoms with Crippen LogP contribution in [0.3, 0.4) is 0 Å². The highest BCUT2D eigenvalue weighted by Crippen LogP contribution is 2.30. The number of carbonyl (C=O) groups is 1. The van der Waals surface area contributed by atoms with Gasteiger partial charge in [-0.2, -0.15) is 0 Å². The van der Waals surface area contributed by atoms with Crippen LogP contribution in [-0.2, 0) is 0 Å². The summed E-state index contributed by atoms with van der Waals surface area (Å²) in [5.74, 6) is 1.20. The van der Waals surface area contributed by atoms with E-state index in [9.17, 15) is 4.79 Å². The second-order valence-corrected chi connectivity index (χ2v) is 2.33. The molecule has 1 aliphatic heterocycles. The molecule has 0 saturated carbocycles. The van der Waals surface area contributed by atoms with Gasteiger partial charge in [0.15, 0.2) is 11.5 Å². The summed E-state index contributed by atoms with van der Waals surface area (Å²) in [6.45, 7) is 0. The molecule has 0 aliphatic carbocycles. The first kappa shape index (κ1) is 6.91. The number of ether oxygens (including phenoxy) is 2. The van der Waals surface area contributed by atoms with Crippen molar-refractivity contribution in [2.45, 2.75) is 0 Å². The van der Waals surface area contributed by atoms with Crippen molar-refractivity contribution in [3.63, 3.8) is 0 Å². The molecule has 3 nitrogen and oxygen atoms in total. The minimum atomic E-state index is 0.571. The third kappa shape index (κ3) is 1.05. The molecule has 0 spiro atoms. The standard InChI is InChI=1S/C9H6O3/c10-6-7-1-2-8-9(5-7)12-4-3-11-8/h1-6H. The molecule has 0 unspecified atom stereocenters. The van der Waals surface area contributed by atoms with Crippen molar-refractivity contribution in [2.75, 3.05) is 0 Å². The van der Waals surface area contributed by atoms with Gasteiger partial charge in [0.1, 0.15) is 18.8 Å². The molecule has 2 rings (SSSR count). The van der Waals surface area contributed by atoms with Crippen LogP contribution in [0, 0.1) is 0 Å². The zero-order valence-corrected chi connectivity index (χ0v) is 6.19. The highest BCUT2D eigenvalue weighted by atomic mass is 16.5. The maximum absolute atomic E-state index is 10.4. The molecule has 12 heavy (non-hydrogen) atoms. The fraction of sp³-hybridized carbons (Fsp3) is 0. The van der Waals surface area contributed by atoms with E-state index in [1.165, 1.54) is 12.5 Å². The van der Waals surface area contributed by atoms with Crippen LogP contribution < -0.4 is 9.47 Å². The van der Waals surface area contributed by atoms with E-state index >= 15 is 0 Å². The third-order valence-corrected chi connectivity index (χ3v) is 1.55. The molecule has 0 saturated heterocycles. The summed E-state index contributed by atoms with van der Waals surface area (Å²) in [5.41, 5.74) is 0.577. The lowest BCUT2D eigenvalue weighted by molar-refractivity contribution is 0.112. The van der Waals surface area contributed by atoms with Gasteiger partial charge < -0.3 is 9.47 Å². The van der Waals surface area contributed by atoms with E-state index < -0.39 is 0 Å². The minimum Gasteiger partial charge on any atom is -0.458 e. The fourth-order valence-electron chi connectivity index (χ4n) is 0.990. The lowest BCUT2D eigenvalue weighted by atomic mass is 10.2. The van der Waals surface area contributed by atoms with Crippen molar-refractivity contribution < 1.29 is 14.3 Å². The quantitative estimate of drug-likeness (QED) is 0.590. The molecule has 0 amide bonds. The molecule has 60 valence electrons. The maximum atomic E-state index is 10.4. The second-order valence-electron chi connectivity index (χ2n) is 2.33. The van der Waals surface area contributed by atoms with Gasteiger partial charge in [-0.3, -0.25) is 4.79 Å². The first-order valence-corrected chi connectivity index (χ1v) is 3.48. The first-order valence-electron chi connectivity index (χ1n) is 3.48. The van der Waals surface area contributed by atoms with Gasteiger partial charge in [-0.05, 0) is 18.2 Å². The van der Waals surface area contributed by atoms with E-state index in [1.54, 1.807) is 18.2 Å². The highest BCUT2D eigenvalue weighted by molar-refractivity contribution is 5.76. The molecule has 0 atom stereocenters. The number of hydrogen-bond acceptors (Lipinski definition) is 3. The SMILES string of the molecule is O=Cc1ccc2c(c1)OC=CO2. The molecule has 0 N–H and O–H groups in total. The van der Waals surface area contributed by atoms with Crippen molar-refractivity contribution in [1.29, 1.82) is 0 Å². The number of rotatable bonds is 1. The van der Waals surface area contributed by atoms with Crippen LogP contribution in [-0.4, -0.2) is 6.29 Å². The second kappa shape index (κ2) is 2.70. The van der Waals surface area contributed by atoms with Gasteiger partial charge in [0.2, 0.25) is 0 Å². The van der Waals surface area contributed by atoms with Crippen molar-refractivity contribution in [2.24, 2.45) is 0 Å². The molecule has 0 radical (unpaired) electrons. The number of fused-ring (bicyclic) bond motifs is 1. The zero-order valence-electron chi connectivity index (χ0n) is 6.19. The molecular weight excluding hydrogens is 156 g/mol. The summed E-state index contributed by atoms with van der Waals surface area (Å²) in [6, 6.07) is 5.00. The summed E-state index contributed by atoms with van der Waals surface area (Å²) < 4.78 is 10.2. The van der Waals surface area contributed by atoms with Gasteiger partial charge in [0.25, 0.3) is 0 Å². The summed E-state index contributed by atoms with van der Waals surface area (Å²) in [6.07, 6.45) is 3.64. The predicted octanol–water partition coefficient (Wildman–Crippen LogP) is 1.74. The Balaban J connectivity index is 2.46. The average Bonchev–Trinajstić information content (AvgIpc) is 2.17. The molecule has 0 aromatic heterocycles. The molecule has 1 heterocycles. The lowest BCUT2D eigenvalue weighted by Gasteiger charge is -2.11. The summed E-state index contributed by atoms with van der Waals surface area (Å²) in [4.78, 5) is 10.4. The Labute approximate surface area is 69.2 Å². The van der Waals surface area contributed by atoms with Crippen LogP contribution in [0.15, 0.2) is 30.7 Å². The zero-order chi connectivity index (χ0) is 8.39. The first-order chi connectivity index (χ1) is 5.90. The summed E-state index contributed by atoms with van der Waals surface area (Å²) in [7, 11) is 0. The van der Waals surface area contributed by atoms with Gasteiger partial charge in [-0.15, -0.1) is 0 Å². The smallest absolute Gasteiger partial charge is 0.169 e. The van der Waals surface area contributed by atoms with E-state index in [4.69, 9.17) is 9.47 Å². The molecule has 0 bridgehead atoms. The van der Waals surface area contributed by atoms with Gasteiger partial charge >= 0.3 is 0 Å². The van der Waals surface area contributed by atoms with Crippen molar-refractivity contribution in [3.05, 3.63) is 36.3 Å². The fourth-order valence-corrected chi connectivity index (χ4v) is 0.990. The summed E-state index contributed by atoms with van der Waals surface area (Å²) in [5, 5.41) is 0. The van der Waals surface area contributed by atoms with E-state index in [1.807, 2.05) is 0 Å². The van der Waals surface area contributed by atoms with Gasteiger partial charge in [-0.25, -0.2) is 0 Å². The Hall–Kier alpha value is -1.77. The Morgan fingerprint density at radius 2 is 1.83 bits per heavy atom. The summed E-state index contributed by atoms with van der Waals surface area (Å²) >= 11 is 0. The Morgan fingerprint density at radius 3 is 2.58 bits per heavy atom. The van der Waals surface area contributed by atoms with Gasteiger partial charge in [0, 0.05) is 5.56 Å². The van der Waals surface area contributed by atoms with Crippen molar-refractivity contribution in [1.82, 2.24) is 0 Å². The largest absolute Gasteiger partial charge is 0.458 e. The third-order valence-electron chi connectivity index (χ3n) is 1.55. The highest BCUT2D eigenvalue weighted by Gasteiger charge is 2.07. The average molecular weight is 162 g/mol. The number of aldehydes is 1. The van der Waals surface area contributed by atoms with Gasteiger partial charge in [-0.1, -0.05) is 0 Å². The van der Waals surface area contributed by atoms with Crippen LogP contribution in [0.2, 0.25) is 0 Å². The van der Waals surface area contributed by atoms with Crippen LogP contribution in [0.25, 0.3) is 0 Å². The predicted molar refractivity (Wildman–Crippen MR) is 42.2 cm³/mol. The Kier molecular flexibility index (Phi) is 1.55. The molecule has 3 heteroatoms. The van der Waals surface area contributed by atoms with E-state index in [0.717, 1.165) is 6.29 Å². The molecular formula is C9H6O3. The van der Waals surface area contributed by atoms with E-state index in [0.29, 0.717) is 17.1 Å². The molecule has 1 aromatic rings. The van der Waals surface area contributed by atoms with Crippen molar-refractivity contribution in [3.8, 4) is 11.5 Å². The monoisotopic (exact) mass is 162 g/mol. The molecule has 0 fully saturated rings. The van der Waals surface area contributed by atoms with Crippen LogP contribution in [0.5, 0.6) is 11.5 Å². The van der Waals surface area contributed by atoms with Gasteiger partial charge in [0.05, 0.1) is 0 Å². The normalized spacial score (nSPS) is 12.7. The topological polar surface area (TPSA) is 35.5 Å². The Morgan fingerprint density at radius 1 is 1.08 bits per heavy atom. The van der Waals surface area contributed by atoms with Crippen LogP contribution in [0.4, 0.5) is 0 Å². The lowest BCUT2D eigenvalue weighted by Crippen LogP contribution is -1.96. The molecule has 1 aliphatic rings. The minimum absolute atomic E-state index is 0.571. The van der Waals surface area contributed by atoms with E-state index in [2.05, 4.69) is 0 Å². The molecule has 1 aromatic carbocycles. The maximum Gasteiger partial charge on any atom is 0.169 e. The van der Waals surface area contributed by atoms with Crippen LogP contribution >= 0.6 is 0 Å². The number of hydrogen-bond donors (Lipinski definition) is 0. The number of carbonyl (C=O) groups excluding carboxylic acids is 1. The van der Waals surface area contributed by atoms with E-state index in [-0.39, 0.29) is 0 Å². The van der Waals surface area contributed by atoms with Crippen molar-refractivity contribution >= 4 is 6.29 Å². The van der Waals surface area contributed by atoms with Crippen LogP contribution in [0.1, 0.15) is 10.4 Å².